The van der Waals surface area contributed by atoms with Crippen LogP contribution in [-0.4, -0.2) is 26.9 Å². The van der Waals surface area contributed by atoms with Crippen LogP contribution < -0.4 is 10.3 Å². The van der Waals surface area contributed by atoms with Gasteiger partial charge in [0.1, 0.15) is 21.7 Å². The molecule has 2 aromatic heterocycles. The van der Waals surface area contributed by atoms with Gasteiger partial charge in [-0.05, 0) is 23.7 Å². The lowest BCUT2D eigenvalue weighted by atomic mass is 10.1. The first-order valence-corrected chi connectivity index (χ1v) is 5.92. The van der Waals surface area contributed by atoms with Gasteiger partial charge in [0.05, 0.1) is 7.11 Å². The largest absolute Gasteiger partial charge is 0.497 e. The van der Waals surface area contributed by atoms with E-state index in [1.54, 1.807) is 7.11 Å². The number of fused-ring (bicyclic) bond motifs is 1. The number of hydrogen-bond acceptors (Lipinski definition) is 6. The highest BCUT2D eigenvalue weighted by molar-refractivity contribution is 7.13. The van der Waals surface area contributed by atoms with Crippen LogP contribution in [0.4, 0.5) is 0 Å². The zero-order chi connectivity index (χ0) is 12.5. The summed E-state index contributed by atoms with van der Waals surface area (Å²) in [5, 5.41) is 9.79. The summed E-state index contributed by atoms with van der Waals surface area (Å²) in [7, 11) is 1.60. The molecule has 6 nitrogen and oxygen atoms in total. The molecule has 0 fully saturated rings. The molecule has 0 bridgehead atoms. The highest BCUT2D eigenvalue weighted by Gasteiger charge is 2.13. The first kappa shape index (κ1) is 10.8. The fraction of sp³-hybridized carbons (Fsp3) is 0.0909. The zero-order valence-electron chi connectivity index (χ0n) is 9.38. The van der Waals surface area contributed by atoms with Crippen molar-refractivity contribution in [2.45, 2.75) is 0 Å². The molecule has 1 aromatic carbocycles. The normalized spacial score (nSPS) is 10.7. The van der Waals surface area contributed by atoms with Gasteiger partial charge in [-0.15, -0.1) is 5.10 Å². The van der Waals surface area contributed by atoms with Gasteiger partial charge in [-0.25, -0.2) is 5.10 Å². The van der Waals surface area contributed by atoms with Gasteiger partial charge in [-0.2, -0.15) is 4.37 Å². The average Bonchev–Trinajstić information content (AvgIpc) is 2.84. The van der Waals surface area contributed by atoms with Crippen LogP contribution >= 0.6 is 11.5 Å². The lowest BCUT2D eigenvalue weighted by molar-refractivity contribution is 0.415. The molecule has 1 N–H and O–H groups in total. The summed E-state index contributed by atoms with van der Waals surface area (Å²) < 4.78 is 9.90. The van der Waals surface area contributed by atoms with Crippen molar-refractivity contribution in [2.24, 2.45) is 0 Å². The number of nitrogens with one attached hydrogen (secondary N) is 1. The van der Waals surface area contributed by atoms with Crippen molar-refractivity contribution in [3.05, 3.63) is 34.6 Å². The Hall–Kier alpha value is -2.28. The standard InChI is InChI=1S/C11H8N4O2S/c1-17-7-4-2-3-6(5-7)8-9-10(18-14-8)11(16)13-15-12-9/h2-5H,1H3,(H,12,13,16). The molecule has 0 radical (unpaired) electrons. The Labute approximate surface area is 105 Å². The molecule has 0 saturated carbocycles. The van der Waals surface area contributed by atoms with Crippen molar-refractivity contribution in [3.63, 3.8) is 0 Å². The fourth-order valence-electron chi connectivity index (χ4n) is 1.66. The maximum absolute atomic E-state index is 11.5. The Balaban J connectivity index is 2.25. The minimum atomic E-state index is -0.272. The monoisotopic (exact) mass is 260 g/mol. The molecule has 0 aliphatic carbocycles. The Bertz CT molecular complexity index is 765. The second-order valence-electron chi connectivity index (χ2n) is 3.58. The van der Waals surface area contributed by atoms with E-state index < -0.39 is 0 Å². The zero-order valence-corrected chi connectivity index (χ0v) is 10.2. The van der Waals surface area contributed by atoms with Gasteiger partial charge in [0, 0.05) is 5.56 Å². The number of aromatic nitrogens is 4. The average molecular weight is 260 g/mol. The number of ether oxygens (including phenoxy) is 1. The molecule has 0 aliphatic rings. The van der Waals surface area contributed by atoms with Gasteiger partial charge in [-0.3, -0.25) is 4.79 Å². The molecule has 0 amide bonds. The molecule has 0 unspecified atom stereocenters. The second-order valence-corrected chi connectivity index (χ2v) is 4.36. The molecular formula is C11H8N4O2S. The Morgan fingerprint density at radius 1 is 1.39 bits per heavy atom. The molecular weight excluding hydrogens is 252 g/mol. The predicted molar refractivity (Wildman–Crippen MR) is 67.8 cm³/mol. The van der Waals surface area contributed by atoms with Crippen LogP contribution in [0.1, 0.15) is 0 Å². The van der Waals surface area contributed by atoms with Crippen LogP contribution in [-0.2, 0) is 0 Å². The van der Waals surface area contributed by atoms with Crippen molar-refractivity contribution in [3.8, 4) is 17.0 Å². The van der Waals surface area contributed by atoms with Crippen LogP contribution in [0.25, 0.3) is 21.5 Å². The molecule has 3 aromatic rings. The van der Waals surface area contributed by atoms with E-state index in [9.17, 15) is 4.79 Å². The van der Waals surface area contributed by atoms with E-state index in [-0.39, 0.29) is 5.56 Å². The number of methoxy groups -OCH3 is 1. The van der Waals surface area contributed by atoms with Crippen LogP contribution in [0.5, 0.6) is 5.75 Å². The lowest BCUT2D eigenvalue weighted by Gasteiger charge is -2.01. The Morgan fingerprint density at radius 3 is 3.11 bits per heavy atom. The van der Waals surface area contributed by atoms with E-state index in [1.165, 1.54) is 0 Å². The molecule has 0 saturated heterocycles. The van der Waals surface area contributed by atoms with Gasteiger partial charge in [0.2, 0.25) is 0 Å². The number of benzene rings is 1. The van der Waals surface area contributed by atoms with Gasteiger partial charge in [0.15, 0.2) is 0 Å². The fourth-order valence-corrected chi connectivity index (χ4v) is 2.39. The molecule has 0 aliphatic heterocycles. The van der Waals surface area contributed by atoms with Crippen LogP contribution in [0.3, 0.4) is 0 Å². The summed E-state index contributed by atoms with van der Waals surface area (Å²) in [4.78, 5) is 11.5. The number of nitrogens with zero attached hydrogens (tertiary/aromatic N) is 3. The van der Waals surface area contributed by atoms with E-state index in [2.05, 4.69) is 19.8 Å². The summed E-state index contributed by atoms with van der Waals surface area (Å²) in [6, 6.07) is 7.44. The van der Waals surface area contributed by atoms with Crippen molar-refractivity contribution in [1.82, 2.24) is 19.8 Å². The van der Waals surface area contributed by atoms with E-state index in [0.29, 0.717) is 15.9 Å². The lowest BCUT2D eigenvalue weighted by Crippen LogP contribution is -2.07. The van der Waals surface area contributed by atoms with Gasteiger partial charge < -0.3 is 4.74 Å². The molecule has 7 heteroatoms. The third kappa shape index (κ3) is 1.65. The highest BCUT2D eigenvalue weighted by atomic mass is 32.1. The summed E-state index contributed by atoms with van der Waals surface area (Å²) in [6.45, 7) is 0. The number of rotatable bonds is 2. The van der Waals surface area contributed by atoms with Crippen LogP contribution in [0, 0.1) is 0 Å². The van der Waals surface area contributed by atoms with Crippen molar-refractivity contribution < 1.29 is 4.74 Å². The van der Waals surface area contributed by atoms with Crippen molar-refractivity contribution in [2.75, 3.05) is 7.11 Å². The van der Waals surface area contributed by atoms with Gasteiger partial charge in [-0.1, -0.05) is 17.3 Å². The number of aromatic amines is 1. The minimum Gasteiger partial charge on any atom is -0.497 e. The van der Waals surface area contributed by atoms with E-state index in [0.717, 1.165) is 22.8 Å². The summed E-state index contributed by atoms with van der Waals surface area (Å²) >= 11 is 1.11. The van der Waals surface area contributed by atoms with E-state index in [4.69, 9.17) is 4.74 Å². The predicted octanol–water partition coefficient (Wildman–Crippen LogP) is 1.45. The maximum Gasteiger partial charge on any atom is 0.286 e. The molecule has 18 heavy (non-hydrogen) atoms. The van der Waals surface area contributed by atoms with Crippen LogP contribution in [0.2, 0.25) is 0 Å². The Kier molecular flexibility index (Phi) is 2.52. The molecule has 0 atom stereocenters. The van der Waals surface area contributed by atoms with Crippen molar-refractivity contribution in [1.29, 1.82) is 0 Å². The van der Waals surface area contributed by atoms with Gasteiger partial charge in [0.25, 0.3) is 5.56 Å². The summed E-state index contributed by atoms with van der Waals surface area (Å²) in [5.74, 6) is 0.728. The van der Waals surface area contributed by atoms with E-state index in [1.807, 2.05) is 24.3 Å². The number of hydrogen-bond donors (Lipinski definition) is 1. The molecule has 2 heterocycles. The van der Waals surface area contributed by atoms with Crippen LogP contribution in [0.15, 0.2) is 29.1 Å². The number of H-pyrrole nitrogens is 1. The quantitative estimate of drug-likeness (QED) is 0.754. The van der Waals surface area contributed by atoms with E-state index >= 15 is 0 Å². The SMILES string of the molecule is COc1cccc(-c2nsc3c(=O)[nH]nnc23)c1. The summed E-state index contributed by atoms with van der Waals surface area (Å²) in [6.07, 6.45) is 0. The summed E-state index contributed by atoms with van der Waals surface area (Å²) in [5.41, 5.74) is 1.73. The third-order valence-electron chi connectivity index (χ3n) is 2.52. The van der Waals surface area contributed by atoms with Gasteiger partial charge >= 0.3 is 0 Å². The Morgan fingerprint density at radius 2 is 2.28 bits per heavy atom. The molecule has 90 valence electrons. The maximum atomic E-state index is 11.5. The molecule has 0 spiro atoms. The second kappa shape index (κ2) is 4.19. The van der Waals surface area contributed by atoms with Crippen molar-refractivity contribution >= 4 is 21.7 Å². The first-order valence-electron chi connectivity index (χ1n) is 5.15. The highest BCUT2D eigenvalue weighted by Crippen LogP contribution is 2.28. The minimum absolute atomic E-state index is 0.272. The smallest absolute Gasteiger partial charge is 0.286 e. The first-order chi connectivity index (χ1) is 8.79. The third-order valence-corrected chi connectivity index (χ3v) is 3.35. The topological polar surface area (TPSA) is 80.8 Å². The molecule has 3 rings (SSSR count).